The number of nitrogens with two attached hydrogens (primary N) is 1. The second-order valence-corrected chi connectivity index (χ2v) is 3.38. The van der Waals surface area contributed by atoms with Gasteiger partial charge < -0.3 is 0 Å². The third-order valence-corrected chi connectivity index (χ3v) is 2.11. The van der Waals surface area contributed by atoms with Crippen molar-refractivity contribution in [2.45, 2.75) is 32.2 Å². The van der Waals surface area contributed by atoms with Crippen LogP contribution in [0.4, 0.5) is 0 Å². The molecule has 13 heavy (non-hydrogen) atoms. The maximum Gasteiger partial charge on any atom is 0.0522 e. The molecule has 1 rings (SSSR count). The first-order chi connectivity index (χ1) is 6.26. The molecule has 0 aliphatic rings. The van der Waals surface area contributed by atoms with Crippen LogP contribution in [0.15, 0.2) is 12.4 Å². The molecule has 4 heteroatoms. The van der Waals surface area contributed by atoms with Gasteiger partial charge >= 0.3 is 0 Å². The lowest BCUT2D eigenvalue weighted by Gasteiger charge is -2.12. The van der Waals surface area contributed by atoms with E-state index < -0.39 is 0 Å². The van der Waals surface area contributed by atoms with Crippen molar-refractivity contribution in [1.82, 2.24) is 15.2 Å². The van der Waals surface area contributed by atoms with E-state index in [0.717, 1.165) is 19.3 Å². The van der Waals surface area contributed by atoms with Crippen molar-refractivity contribution in [3.05, 3.63) is 18.0 Å². The van der Waals surface area contributed by atoms with E-state index in [1.807, 2.05) is 24.1 Å². The summed E-state index contributed by atoms with van der Waals surface area (Å²) in [5, 5.41) is 4.11. The normalized spacial score (nSPS) is 13.2. The van der Waals surface area contributed by atoms with Crippen LogP contribution in [0.3, 0.4) is 0 Å². The monoisotopic (exact) mass is 182 g/mol. The SMILES string of the molecule is CCCC(Cc1cnn(C)c1)NN. The number of aryl methyl sites for hydroxylation is 1. The molecule has 0 spiro atoms. The van der Waals surface area contributed by atoms with Crippen LogP contribution in [0.5, 0.6) is 0 Å². The van der Waals surface area contributed by atoms with E-state index in [1.54, 1.807) is 0 Å². The molecule has 0 radical (unpaired) electrons. The number of nitrogens with zero attached hydrogens (tertiary/aromatic N) is 2. The van der Waals surface area contributed by atoms with Gasteiger partial charge in [0.25, 0.3) is 0 Å². The molecule has 74 valence electrons. The summed E-state index contributed by atoms with van der Waals surface area (Å²) in [6.45, 7) is 2.16. The molecular formula is C9H18N4. The summed E-state index contributed by atoms with van der Waals surface area (Å²) in [7, 11) is 1.92. The van der Waals surface area contributed by atoms with Crippen LogP contribution in [0.2, 0.25) is 0 Å². The van der Waals surface area contributed by atoms with Crippen molar-refractivity contribution in [2.75, 3.05) is 0 Å². The number of hydrogen-bond donors (Lipinski definition) is 2. The summed E-state index contributed by atoms with van der Waals surface area (Å²) >= 11 is 0. The summed E-state index contributed by atoms with van der Waals surface area (Å²) in [6, 6.07) is 0.370. The van der Waals surface area contributed by atoms with Crippen LogP contribution in [0.1, 0.15) is 25.3 Å². The maximum atomic E-state index is 5.44. The summed E-state index contributed by atoms with van der Waals surface area (Å²) in [5.74, 6) is 5.44. The fourth-order valence-corrected chi connectivity index (χ4v) is 1.45. The van der Waals surface area contributed by atoms with E-state index >= 15 is 0 Å². The highest BCUT2D eigenvalue weighted by Crippen LogP contribution is 2.05. The molecular weight excluding hydrogens is 164 g/mol. The second kappa shape index (κ2) is 4.99. The van der Waals surface area contributed by atoms with E-state index in [0.29, 0.717) is 6.04 Å². The standard InChI is InChI=1S/C9H18N4/c1-3-4-9(12-10)5-8-6-11-13(2)7-8/h6-7,9,12H,3-5,10H2,1-2H3. The number of rotatable bonds is 5. The molecule has 0 aliphatic heterocycles. The summed E-state index contributed by atoms with van der Waals surface area (Å²) in [6.07, 6.45) is 7.12. The molecule has 0 aromatic carbocycles. The number of nitrogens with one attached hydrogen (secondary N) is 1. The predicted molar refractivity (Wildman–Crippen MR) is 52.9 cm³/mol. The average molecular weight is 182 g/mol. The molecule has 0 saturated heterocycles. The highest BCUT2D eigenvalue weighted by molar-refractivity contribution is 5.05. The van der Waals surface area contributed by atoms with Crippen LogP contribution >= 0.6 is 0 Å². The Bertz CT molecular complexity index is 244. The molecule has 0 fully saturated rings. The van der Waals surface area contributed by atoms with Crippen LogP contribution in [-0.4, -0.2) is 15.8 Å². The largest absolute Gasteiger partial charge is 0.276 e. The van der Waals surface area contributed by atoms with Gasteiger partial charge in [-0.1, -0.05) is 13.3 Å². The van der Waals surface area contributed by atoms with Gasteiger partial charge in [-0.2, -0.15) is 5.10 Å². The number of hydrogen-bond acceptors (Lipinski definition) is 3. The molecule has 4 nitrogen and oxygen atoms in total. The second-order valence-electron chi connectivity index (χ2n) is 3.38. The lowest BCUT2D eigenvalue weighted by molar-refractivity contribution is 0.486. The predicted octanol–water partition coefficient (Wildman–Crippen LogP) is 0.595. The molecule has 1 atom stereocenters. The molecule has 0 saturated carbocycles. The van der Waals surface area contributed by atoms with Gasteiger partial charge in [-0.3, -0.25) is 16.0 Å². The summed E-state index contributed by atoms with van der Waals surface area (Å²) < 4.78 is 1.81. The third kappa shape index (κ3) is 3.16. The van der Waals surface area contributed by atoms with Crippen molar-refractivity contribution in [3.63, 3.8) is 0 Å². The van der Waals surface area contributed by atoms with Crippen LogP contribution in [0.25, 0.3) is 0 Å². The van der Waals surface area contributed by atoms with Crippen LogP contribution < -0.4 is 11.3 Å². The topological polar surface area (TPSA) is 55.9 Å². The minimum absolute atomic E-state index is 0.370. The van der Waals surface area contributed by atoms with Gasteiger partial charge in [0.15, 0.2) is 0 Å². The van der Waals surface area contributed by atoms with E-state index in [9.17, 15) is 0 Å². The molecule has 0 amide bonds. The summed E-state index contributed by atoms with van der Waals surface area (Å²) in [4.78, 5) is 0. The molecule has 1 unspecified atom stereocenters. The van der Waals surface area contributed by atoms with Gasteiger partial charge in [0.1, 0.15) is 0 Å². The molecule has 1 aromatic rings. The first kappa shape index (κ1) is 10.2. The minimum atomic E-state index is 0.370. The van der Waals surface area contributed by atoms with Crippen molar-refractivity contribution < 1.29 is 0 Å². The molecule has 0 aliphatic carbocycles. The molecule has 1 aromatic heterocycles. The fourth-order valence-electron chi connectivity index (χ4n) is 1.45. The highest BCUT2D eigenvalue weighted by Gasteiger charge is 2.07. The number of aromatic nitrogens is 2. The fraction of sp³-hybridized carbons (Fsp3) is 0.667. The van der Waals surface area contributed by atoms with Crippen molar-refractivity contribution in [2.24, 2.45) is 12.9 Å². The van der Waals surface area contributed by atoms with E-state index in [2.05, 4.69) is 17.4 Å². The first-order valence-electron chi connectivity index (χ1n) is 4.70. The van der Waals surface area contributed by atoms with Gasteiger partial charge in [-0.15, -0.1) is 0 Å². The Labute approximate surface area is 79.1 Å². The maximum absolute atomic E-state index is 5.44. The van der Waals surface area contributed by atoms with Gasteiger partial charge in [0.05, 0.1) is 6.20 Å². The molecule has 3 N–H and O–H groups in total. The van der Waals surface area contributed by atoms with Gasteiger partial charge in [0.2, 0.25) is 0 Å². The Hall–Kier alpha value is -0.870. The summed E-state index contributed by atoms with van der Waals surface area (Å²) in [5.41, 5.74) is 4.06. The Morgan fingerprint density at radius 2 is 2.46 bits per heavy atom. The Morgan fingerprint density at radius 3 is 2.92 bits per heavy atom. The smallest absolute Gasteiger partial charge is 0.0522 e. The van der Waals surface area contributed by atoms with E-state index in [-0.39, 0.29) is 0 Å². The highest BCUT2D eigenvalue weighted by atomic mass is 15.2. The lowest BCUT2D eigenvalue weighted by Crippen LogP contribution is -2.36. The third-order valence-electron chi connectivity index (χ3n) is 2.11. The van der Waals surface area contributed by atoms with Crippen molar-refractivity contribution in [1.29, 1.82) is 0 Å². The minimum Gasteiger partial charge on any atom is -0.276 e. The van der Waals surface area contributed by atoms with E-state index in [1.165, 1.54) is 5.56 Å². The first-order valence-corrected chi connectivity index (χ1v) is 4.70. The van der Waals surface area contributed by atoms with Crippen LogP contribution in [0, 0.1) is 0 Å². The Kier molecular flexibility index (Phi) is 3.92. The Balaban J connectivity index is 2.46. The zero-order valence-electron chi connectivity index (χ0n) is 8.33. The zero-order valence-corrected chi connectivity index (χ0v) is 8.33. The average Bonchev–Trinajstić information content (AvgIpc) is 2.50. The van der Waals surface area contributed by atoms with Gasteiger partial charge in [-0.05, 0) is 18.4 Å². The van der Waals surface area contributed by atoms with Crippen molar-refractivity contribution >= 4 is 0 Å². The quantitative estimate of drug-likeness (QED) is 0.518. The van der Waals surface area contributed by atoms with Crippen molar-refractivity contribution in [3.8, 4) is 0 Å². The van der Waals surface area contributed by atoms with Gasteiger partial charge in [-0.25, -0.2) is 0 Å². The lowest BCUT2D eigenvalue weighted by atomic mass is 10.1. The number of hydrazine groups is 1. The Morgan fingerprint density at radius 1 is 1.69 bits per heavy atom. The van der Waals surface area contributed by atoms with Crippen LogP contribution in [-0.2, 0) is 13.5 Å². The zero-order chi connectivity index (χ0) is 9.68. The molecule has 1 heterocycles. The van der Waals surface area contributed by atoms with E-state index in [4.69, 9.17) is 5.84 Å². The molecule has 0 bridgehead atoms. The van der Waals surface area contributed by atoms with Gasteiger partial charge in [0, 0.05) is 19.3 Å².